The Morgan fingerprint density at radius 1 is 1.22 bits per heavy atom. The molecule has 0 radical (unpaired) electrons. The molecule has 0 aliphatic rings. The van der Waals surface area contributed by atoms with Crippen LogP contribution >= 0.6 is 0 Å². The predicted molar refractivity (Wildman–Crippen MR) is 66.8 cm³/mol. The molecule has 1 aromatic heterocycles. The van der Waals surface area contributed by atoms with Gasteiger partial charge in [-0.25, -0.2) is 9.59 Å². The molecular formula is C11H17N3O4. The van der Waals surface area contributed by atoms with Gasteiger partial charge in [0.2, 0.25) is 0 Å². The van der Waals surface area contributed by atoms with Gasteiger partial charge in [-0.3, -0.25) is 19.2 Å². The van der Waals surface area contributed by atoms with Crippen molar-refractivity contribution >= 4 is 11.9 Å². The van der Waals surface area contributed by atoms with Gasteiger partial charge in [0, 0.05) is 20.2 Å². The quantitative estimate of drug-likeness (QED) is 0.789. The Kier molecular flexibility index (Phi) is 3.64. The lowest BCUT2D eigenvalue weighted by Gasteiger charge is -2.20. The van der Waals surface area contributed by atoms with Crippen LogP contribution < -0.4 is 16.6 Å². The third-order valence-electron chi connectivity index (χ3n) is 2.16. The highest BCUT2D eigenvalue weighted by atomic mass is 16.6. The number of nitrogens with one attached hydrogen (secondary N) is 1. The molecule has 0 saturated carbocycles. The van der Waals surface area contributed by atoms with Crippen molar-refractivity contribution in [3.63, 3.8) is 0 Å². The van der Waals surface area contributed by atoms with Gasteiger partial charge in [-0.1, -0.05) is 0 Å². The van der Waals surface area contributed by atoms with E-state index < -0.39 is 22.9 Å². The Labute approximate surface area is 104 Å². The van der Waals surface area contributed by atoms with E-state index in [-0.39, 0.29) is 5.82 Å². The molecule has 0 atom stereocenters. The van der Waals surface area contributed by atoms with Gasteiger partial charge in [0.15, 0.2) is 0 Å². The average Bonchev–Trinajstić information content (AvgIpc) is 2.20. The van der Waals surface area contributed by atoms with Crippen LogP contribution in [0.5, 0.6) is 0 Å². The van der Waals surface area contributed by atoms with Crippen LogP contribution in [-0.2, 0) is 18.8 Å². The highest BCUT2D eigenvalue weighted by Gasteiger charge is 2.17. The lowest BCUT2D eigenvalue weighted by molar-refractivity contribution is 0.0634. The number of ether oxygens (including phenoxy) is 1. The van der Waals surface area contributed by atoms with E-state index >= 15 is 0 Å². The molecule has 100 valence electrons. The van der Waals surface area contributed by atoms with Crippen molar-refractivity contribution in [1.82, 2.24) is 9.13 Å². The van der Waals surface area contributed by atoms with Crippen LogP contribution in [0.1, 0.15) is 20.8 Å². The molecule has 18 heavy (non-hydrogen) atoms. The summed E-state index contributed by atoms with van der Waals surface area (Å²) in [5.74, 6) is 0.0948. The van der Waals surface area contributed by atoms with Crippen LogP contribution in [0.15, 0.2) is 15.7 Å². The Morgan fingerprint density at radius 3 is 2.28 bits per heavy atom. The van der Waals surface area contributed by atoms with E-state index in [0.717, 1.165) is 15.2 Å². The van der Waals surface area contributed by atoms with Crippen LogP contribution in [0.4, 0.5) is 10.6 Å². The van der Waals surface area contributed by atoms with Gasteiger partial charge in [-0.05, 0) is 20.8 Å². The molecule has 0 aromatic carbocycles. The number of anilines is 1. The van der Waals surface area contributed by atoms with Gasteiger partial charge in [-0.2, -0.15) is 0 Å². The fourth-order valence-corrected chi connectivity index (χ4v) is 1.26. The molecule has 1 N–H and O–H groups in total. The number of hydrogen-bond acceptors (Lipinski definition) is 4. The van der Waals surface area contributed by atoms with Gasteiger partial charge < -0.3 is 4.74 Å². The van der Waals surface area contributed by atoms with Gasteiger partial charge in [0.05, 0.1) is 0 Å². The lowest BCUT2D eigenvalue weighted by Crippen LogP contribution is -2.38. The molecule has 0 aliphatic carbocycles. The van der Waals surface area contributed by atoms with E-state index in [4.69, 9.17) is 4.74 Å². The minimum absolute atomic E-state index is 0.0948. The van der Waals surface area contributed by atoms with E-state index in [9.17, 15) is 14.4 Å². The third kappa shape index (κ3) is 3.22. The second kappa shape index (κ2) is 4.67. The first-order valence-corrected chi connectivity index (χ1v) is 5.39. The Bertz CT molecular complexity index is 577. The molecule has 0 fully saturated rings. The van der Waals surface area contributed by atoms with Crippen LogP contribution in [-0.4, -0.2) is 20.8 Å². The fourth-order valence-electron chi connectivity index (χ4n) is 1.26. The number of hydrogen-bond donors (Lipinski definition) is 1. The second-order valence-corrected chi connectivity index (χ2v) is 4.90. The number of carbonyl (C=O) groups excluding carboxylic acids is 1. The van der Waals surface area contributed by atoms with E-state index in [2.05, 4.69) is 5.32 Å². The van der Waals surface area contributed by atoms with Crippen molar-refractivity contribution in [2.45, 2.75) is 26.4 Å². The van der Waals surface area contributed by atoms with Gasteiger partial charge in [0.25, 0.3) is 5.56 Å². The summed E-state index contributed by atoms with van der Waals surface area (Å²) in [6.07, 6.45) is -0.717. The molecule has 1 amide bonds. The first-order valence-electron chi connectivity index (χ1n) is 5.39. The summed E-state index contributed by atoms with van der Waals surface area (Å²) in [4.78, 5) is 34.6. The summed E-state index contributed by atoms with van der Waals surface area (Å²) >= 11 is 0. The van der Waals surface area contributed by atoms with Crippen molar-refractivity contribution in [3.05, 3.63) is 26.9 Å². The van der Waals surface area contributed by atoms with Crippen LogP contribution in [0.2, 0.25) is 0 Å². The molecular weight excluding hydrogens is 238 g/mol. The molecule has 0 spiro atoms. The maximum Gasteiger partial charge on any atom is 0.413 e. The normalized spacial score (nSPS) is 11.2. The highest BCUT2D eigenvalue weighted by Crippen LogP contribution is 2.09. The van der Waals surface area contributed by atoms with Crippen molar-refractivity contribution in [2.24, 2.45) is 14.1 Å². The van der Waals surface area contributed by atoms with E-state index in [0.29, 0.717) is 0 Å². The van der Waals surface area contributed by atoms with Crippen LogP contribution in [0.3, 0.4) is 0 Å². The molecule has 7 nitrogen and oxygen atoms in total. The zero-order chi connectivity index (χ0) is 14.1. The number of nitrogens with zero attached hydrogens (tertiary/aromatic N) is 2. The maximum absolute atomic E-state index is 11.6. The first-order chi connectivity index (χ1) is 8.11. The molecule has 1 heterocycles. The summed E-state index contributed by atoms with van der Waals surface area (Å²) in [7, 11) is 2.82. The molecule has 0 saturated heterocycles. The first kappa shape index (κ1) is 14.0. The SMILES string of the molecule is Cn1c(NC(=O)OC(C)(C)C)cc(=O)n(C)c1=O. The topological polar surface area (TPSA) is 82.3 Å². The number of amides is 1. The standard InChI is InChI=1S/C11H17N3O4/c1-11(2,3)18-9(16)12-7-6-8(15)14(5)10(17)13(7)4/h6H,1-5H3,(H,12,16). The number of rotatable bonds is 1. The van der Waals surface area contributed by atoms with Crippen molar-refractivity contribution in [1.29, 1.82) is 0 Å². The summed E-state index contributed by atoms with van der Waals surface area (Å²) in [6, 6.07) is 1.16. The zero-order valence-corrected chi connectivity index (χ0v) is 11.1. The highest BCUT2D eigenvalue weighted by molar-refractivity contribution is 5.83. The van der Waals surface area contributed by atoms with Gasteiger partial charge >= 0.3 is 11.8 Å². The summed E-state index contributed by atoms with van der Waals surface area (Å²) < 4.78 is 7.14. The van der Waals surface area contributed by atoms with Crippen LogP contribution in [0.25, 0.3) is 0 Å². The molecule has 1 aromatic rings. The van der Waals surface area contributed by atoms with E-state index in [1.54, 1.807) is 20.8 Å². The lowest BCUT2D eigenvalue weighted by atomic mass is 10.2. The summed E-state index contributed by atoms with van der Waals surface area (Å²) in [5.41, 5.74) is -1.67. The molecule has 0 unspecified atom stereocenters. The van der Waals surface area contributed by atoms with E-state index in [1.807, 2.05) is 0 Å². The number of aromatic nitrogens is 2. The minimum Gasteiger partial charge on any atom is -0.444 e. The smallest absolute Gasteiger partial charge is 0.413 e. The number of carbonyl (C=O) groups is 1. The van der Waals surface area contributed by atoms with Crippen molar-refractivity contribution in [3.8, 4) is 0 Å². The monoisotopic (exact) mass is 255 g/mol. The van der Waals surface area contributed by atoms with Gasteiger partial charge in [0.1, 0.15) is 11.4 Å². The summed E-state index contributed by atoms with van der Waals surface area (Å²) in [5, 5.41) is 2.36. The average molecular weight is 255 g/mol. The fraction of sp³-hybridized carbons (Fsp3) is 0.545. The van der Waals surface area contributed by atoms with E-state index in [1.165, 1.54) is 14.1 Å². The molecule has 7 heteroatoms. The zero-order valence-electron chi connectivity index (χ0n) is 11.1. The Morgan fingerprint density at radius 2 is 1.78 bits per heavy atom. The summed E-state index contributed by atoms with van der Waals surface area (Å²) in [6.45, 7) is 5.15. The third-order valence-corrected chi connectivity index (χ3v) is 2.16. The molecule has 0 aliphatic heterocycles. The van der Waals surface area contributed by atoms with Crippen LogP contribution in [0, 0.1) is 0 Å². The van der Waals surface area contributed by atoms with Gasteiger partial charge in [-0.15, -0.1) is 0 Å². The van der Waals surface area contributed by atoms with Crippen molar-refractivity contribution in [2.75, 3.05) is 5.32 Å². The minimum atomic E-state index is -0.717. The maximum atomic E-state index is 11.6. The molecule has 0 bridgehead atoms. The Hall–Kier alpha value is -2.05. The largest absolute Gasteiger partial charge is 0.444 e. The second-order valence-electron chi connectivity index (χ2n) is 4.90. The van der Waals surface area contributed by atoms with Crippen molar-refractivity contribution < 1.29 is 9.53 Å². The predicted octanol–water partition coefficient (Wildman–Crippen LogP) is 0.431. The molecule has 1 rings (SSSR count). The Balaban J connectivity index is 3.04.